The predicted molar refractivity (Wildman–Crippen MR) is 74.9 cm³/mol. The summed E-state index contributed by atoms with van der Waals surface area (Å²) < 4.78 is 0. The molecule has 1 saturated carbocycles. The maximum absolute atomic E-state index is 12.3. The highest BCUT2D eigenvalue weighted by atomic mass is 16.2. The first-order valence-electron chi connectivity index (χ1n) is 7.22. The number of pyridine rings is 1. The van der Waals surface area contributed by atoms with Gasteiger partial charge in [-0.2, -0.15) is 0 Å². The monoisotopic (exact) mass is 259 g/mol. The Hall–Kier alpha value is -1.42. The van der Waals surface area contributed by atoms with E-state index in [0.29, 0.717) is 12.0 Å². The molecular formula is C15H21N3O. The van der Waals surface area contributed by atoms with Gasteiger partial charge in [0.25, 0.3) is 0 Å². The number of nitrogens with one attached hydrogen (secondary N) is 2. The Morgan fingerprint density at radius 1 is 1.42 bits per heavy atom. The summed E-state index contributed by atoms with van der Waals surface area (Å²) in [6.45, 7) is 1.91. The van der Waals surface area contributed by atoms with Crippen LogP contribution < -0.4 is 10.6 Å². The third-order valence-corrected chi connectivity index (χ3v) is 4.44. The van der Waals surface area contributed by atoms with Crippen molar-refractivity contribution in [2.75, 3.05) is 5.32 Å². The van der Waals surface area contributed by atoms with Crippen LogP contribution in [0.15, 0.2) is 18.3 Å². The Bertz CT molecular complexity index is 460. The highest BCUT2D eigenvalue weighted by Gasteiger charge is 2.38. The van der Waals surface area contributed by atoms with Crippen LogP contribution in [0, 0.1) is 12.8 Å². The van der Waals surface area contributed by atoms with Crippen molar-refractivity contribution >= 4 is 11.6 Å². The number of hydrogen-bond acceptors (Lipinski definition) is 3. The number of carbonyl (C=O) groups is 1. The van der Waals surface area contributed by atoms with Crippen molar-refractivity contribution in [2.24, 2.45) is 5.92 Å². The largest absolute Gasteiger partial charge is 0.323 e. The summed E-state index contributed by atoms with van der Waals surface area (Å²) in [5.41, 5.74) is 1.69. The van der Waals surface area contributed by atoms with Crippen LogP contribution in [0.1, 0.15) is 37.8 Å². The van der Waals surface area contributed by atoms with Gasteiger partial charge in [-0.1, -0.05) is 12.8 Å². The molecule has 4 heteroatoms. The maximum Gasteiger partial charge on any atom is 0.241 e. The Morgan fingerprint density at radius 2 is 2.26 bits per heavy atom. The van der Waals surface area contributed by atoms with Crippen LogP contribution in [-0.2, 0) is 4.79 Å². The zero-order chi connectivity index (χ0) is 13.2. The summed E-state index contributed by atoms with van der Waals surface area (Å²) in [6, 6.07) is 4.28. The Morgan fingerprint density at radius 3 is 3.05 bits per heavy atom. The van der Waals surface area contributed by atoms with Crippen molar-refractivity contribution in [3.63, 3.8) is 0 Å². The smallest absolute Gasteiger partial charge is 0.241 e. The third kappa shape index (κ3) is 2.63. The van der Waals surface area contributed by atoms with E-state index >= 15 is 0 Å². The van der Waals surface area contributed by atoms with Crippen molar-refractivity contribution in [1.82, 2.24) is 10.3 Å². The zero-order valence-corrected chi connectivity index (χ0v) is 11.4. The van der Waals surface area contributed by atoms with E-state index in [1.807, 2.05) is 19.1 Å². The summed E-state index contributed by atoms with van der Waals surface area (Å²) in [4.78, 5) is 16.5. The molecule has 3 atom stereocenters. The van der Waals surface area contributed by atoms with Gasteiger partial charge >= 0.3 is 0 Å². The number of fused-ring (bicyclic) bond motifs is 1. The number of aromatic nitrogens is 1. The summed E-state index contributed by atoms with van der Waals surface area (Å²) in [5, 5.41) is 6.50. The molecule has 1 aromatic heterocycles. The minimum absolute atomic E-state index is 0.0345. The number of nitrogens with zero attached hydrogens (tertiary/aromatic N) is 1. The van der Waals surface area contributed by atoms with Gasteiger partial charge in [0, 0.05) is 12.2 Å². The lowest BCUT2D eigenvalue weighted by Gasteiger charge is -2.24. The van der Waals surface area contributed by atoms with Crippen LogP contribution in [0.2, 0.25) is 0 Å². The summed E-state index contributed by atoms with van der Waals surface area (Å²) in [5.74, 6) is 0.782. The summed E-state index contributed by atoms with van der Waals surface area (Å²) in [6.07, 6.45) is 7.83. The van der Waals surface area contributed by atoms with Crippen molar-refractivity contribution in [3.05, 3.63) is 24.0 Å². The van der Waals surface area contributed by atoms with E-state index in [1.54, 1.807) is 6.20 Å². The average molecular weight is 259 g/mol. The van der Waals surface area contributed by atoms with Gasteiger partial charge in [-0.25, -0.2) is 0 Å². The molecule has 19 heavy (non-hydrogen) atoms. The topological polar surface area (TPSA) is 54.0 Å². The van der Waals surface area contributed by atoms with Gasteiger partial charge in [-0.3, -0.25) is 9.78 Å². The van der Waals surface area contributed by atoms with Gasteiger partial charge < -0.3 is 10.6 Å². The van der Waals surface area contributed by atoms with Crippen LogP contribution in [0.5, 0.6) is 0 Å². The van der Waals surface area contributed by atoms with Crippen molar-refractivity contribution in [2.45, 2.75) is 51.1 Å². The highest BCUT2D eigenvalue weighted by molar-refractivity contribution is 5.95. The number of anilines is 1. The van der Waals surface area contributed by atoms with Crippen molar-refractivity contribution in [1.29, 1.82) is 0 Å². The van der Waals surface area contributed by atoms with Gasteiger partial charge in [0.05, 0.1) is 17.4 Å². The molecule has 1 saturated heterocycles. The Labute approximate surface area is 114 Å². The standard InChI is InChI=1S/C15H21N3O/c1-10-12(7-4-8-16-10)18-15(19)14-9-11-5-2-3-6-13(11)17-14/h4,7-8,11,13-14,17H,2-3,5-6,9H2,1H3,(H,18,19). The minimum Gasteiger partial charge on any atom is -0.323 e. The fourth-order valence-electron chi connectivity index (χ4n) is 3.36. The molecule has 0 bridgehead atoms. The molecule has 3 rings (SSSR count). The SMILES string of the molecule is Cc1ncccc1NC(=O)C1CC2CCCCC2N1. The van der Waals surface area contributed by atoms with Gasteiger partial charge in [-0.15, -0.1) is 0 Å². The molecule has 3 unspecified atom stereocenters. The lowest BCUT2D eigenvalue weighted by atomic mass is 9.85. The molecule has 1 aromatic rings. The second-order valence-corrected chi connectivity index (χ2v) is 5.73. The quantitative estimate of drug-likeness (QED) is 0.856. The van der Waals surface area contributed by atoms with E-state index in [9.17, 15) is 4.79 Å². The summed E-state index contributed by atoms with van der Waals surface area (Å²) in [7, 11) is 0. The van der Waals surface area contributed by atoms with Crippen LogP contribution >= 0.6 is 0 Å². The minimum atomic E-state index is -0.0345. The summed E-state index contributed by atoms with van der Waals surface area (Å²) >= 11 is 0. The number of hydrogen-bond donors (Lipinski definition) is 2. The van der Waals surface area contributed by atoms with E-state index in [2.05, 4.69) is 15.6 Å². The van der Waals surface area contributed by atoms with E-state index in [4.69, 9.17) is 0 Å². The fraction of sp³-hybridized carbons (Fsp3) is 0.600. The predicted octanol–water partition coefficient (Wildman–Crippen LogP) is 2.25. The molecule has 1 aliphatic heterocycles. The Kier molecular flexibility index (Phi) is 3.51. The molecule has 4 nitrogen and oxygen atoms in total. The van der Waals surface area contributed by atoms with Crippen molar-refractivity contribution < 1.29 is 4.79 Å². The molecule has 1 aliphatic carbocycles. The van der Waals surface area contributed by atoms with Crippen LogP contribution in [0.4, 0.5) is 5.69 Å². The molecule has 2 fully saturated rings. The van der Waals surface area contributed by atoms with Crippen LogP contribution in [0.3, 0.4) is 0 Å². The molecule has 2 heterocycles. The molecule has 0 aromatic carbocycles. The van der Waals surface area contributed by atoms with E-state index in [-0.39, 0.29) is 11.9 Å². The maximum atomic E-state index is 12.3. The van der Waals surface area contributed by atoms with Gasteiger partial charge in [0.2, 0.25) is 5.91 Å². The number of aryl methyl sites for hydroxylation is 1. The molecule has 0 spiro atoms. The lowest BCUT2D eigenvalue weighted by Crippen LogP contribution is -2.40. The highest BCUT2D eigenvalue weighted by Crippen LogP contribution is 2.33. The van der Waals surface area contributed by atoms with Crippen LogP contribution in [0.25, 0.3) is 0 Å². The number of carbonyl (C=O) groups excluding carboxylic acids is 1. The second-order valence-electron chi connectivity index (χ2n) is 5.73. The normalized spacial score (nSPS) is 29.8. The van der Waals surface area contributed by atoms with Gasteiger partial charge in [-0.05, 0) is 44.2 Å². The third-order valence-electron chi connectivity index (χ3n) is 4.44. The first-order valence-corrected chi connectivity index (χ1v) is 7.22. The first kappa shape index (κ1) is 12.6. The van der Waals surface area contributed by atoms with Gasteiger partial charge in [0.15, 0.2) is 0 Å². The molecule has 102 valence electrons. The van der Waals surface area contributed by atoms with E-state index in [1.165, 1.54) is 25.7 Å². The number of rotatable bonds is 2. The molecule has 2 aliphatic rings. The molecular weight excluding hydrogens is 238 g/mol. The molecule has 0 radical (unpaired) electrons. The number of amides is 1. The zero-order valence-electron chi connectivity index (χ0n) is 11.4. The average Bonchev–Trinajstić information content (AvgIpc) is 2.85. The fourth-order valence-corrected chi connectivity index (χ4v) is 3.36. The van der Waals surface area contributed by atoms with E-state index in [0.717, 1.165) is 17.8 Å². The lowest BCUT2D eigenvalue weighted by molar-refractivity contribution is -0.117. The van der Waals surface area contributed by atoms with E-state index < -0.39 is 0 Å². The first-order chi connectivity index (χ1) is 9.24. The van der Waals surface area contributed by atoms with Crippen molar-refractivity contribution in [3.8, 4) is 0 Å². The molecule has 2 N–H and O–H groups in total. The van der Waals surface area contributed by atoms with Crippen LogP contribution in [-0.4, -0.2) is 23.0 Å². The Balaban J connectivity index is 1.64. The second kappa shape index (κ2) is 5.29. The molecule has 1 amide bonds. The van der Waals surface area contributed by atoms with Gasteiger partial charge in [0.1, 0.15) is 0 Å².